The number of hydrogen-bond acceptors (Lipinski definition) is 4. The van der Waals surface area contributed by atoms with Crippen molar-refractivity contribution in [1.82, 2.24) is 24.7 Å². The highest BCUT2D eigenvalue weighted by atomic mass is 16.2. The van der Waals surface area contributed by atoms with E-state index < -0.39 is 0 Å². The first-order chi connectivity index (χ1) is 14.1. The van der Waals surface area contributed by atoms with E-state index >= 15 is 0 Å². The van der Waals surface area contributed by atoms with Crippen molar-refractivity contribution < 1.29 is 4.79 Å². The van der Waals surface area contributed by atoms with Gasteiger partial charge in [0.15, 0.2) is 0 Å². The third-order valence-corrected chi connectivity index (χ3v) is 5.36. The fourth-order valence-corrected chi connectivity index (χ4v) is 3.77. The van der Waals surface area contributed by atoms with Gasteiger partial charge in [0.25, 0.3) is 0 Å². The molecule has 6 heteroatoms. The molecule has 0 spiro atoms. The predicted octanol–water partition coefficient (Wildman–Crippen LogP) is 3.02. The van der Waals surface area contributed by atoms with Crippen molar-refractivity contribution >= 4 is 16.8 Å². The SMILES string of the molecule is CN(C)C(=O)N1CCN(Cc2ccnc(Cc3cc4ccccc4cn3)c2)CC1. The number of pyridine rings is 2. The summed E-state index contributed by atoms with van der Waals surface area (Å²) in [5, 5.41) is 2.36. The Hall–Kier alpha value is -2.99. The van der Waals surface area contributed by atoms with E-state index in [2.05, 4.69) is 51.3 Å². The van der Waals surface area contributed by atoms with Crippen LogP contribution in [0.1, 0.15) is 17.0 Å². The van der Waals surface area contributed by atoms with Crippen molar-refractivity contribution in [3.63, 3.8) is 0 Å². The average molecular weight is 390 g/mol. The fourth-order valence-electron chi connectivity index (χ4n) is 3.77. The standard InChI is InChI=1S/C23H27N5O/c1-26(2)23(29)28-11-9-27(10-12-28)17-18-7-8-24-21(13-18)15-22-14-19-5-3-4-6-20(19)16-25-22/h3-8,13-14,16H,9-12,15,17H2,1-2H3. The molecule has 0 radical (unpaired) electrons. The van der Waals surface area contributed by atoms with Crippen LogP contribution in [0.15, 0.2) is 54.9 Å². The molecule has 0 N–H and O–H groups in total. The quantitative estimate of drug-likeness (QED) is 0.688. The van der Waals surface area contributed by atoms with Crippen LogP contribution in [-0.4, -0.2) is 71.0 Å². The molecule has 0 saturated carbocycles. The van der Waals surface area contributed by atoms with Crippen LogP contribution in [0, 0.1) is 0 Å². The molecule has 2 amide bonds. The minimum atomic E-state index is 0.0960. The maximum Gasteiger partial charge on any atom is 0.319 e. The maximum absolute atomic E-state index is 12.1. The number of carbonyl (C=O) groups is 1. The van der Waals surface area contributed by atoms with Crippen molar-refractivity contribution in [3.8, 4) is 0 Å². The molecule has 1 aliphatic heterocycles. The van der Waals surface area contributed by atoms with E-state index in [0.29, 0.717) is 0 Å². The highest BCUT2D eigenvalue weighted by Gasteiger charge is 2.22. The molecule has 0 atom stereocenters. The lowest BCUT2D eigenvalue weighted by Crippen LogP contribution is -2.51. The summed E-state index contributed by atoms with van der Waals surface area (Å²) < 4.78 is 0. The summed E-state index contributed by atoms with van der Waals surface area (Å²) in [4.78, 5) is 27.2. The average Bonchev–Trinajstić information content (AvgIpc) is 2.74. The third-order valence-electron chi connectivity index (χ3n) is 5.36. The number of fused-ring (bicyclic) bond motifs is 1. The maximum atomic E-state index is 12.1. The van der Waals surface area contributed by atoms with Crippen LogP contribution < -0.4 is 0 Å². The molecule has 4 rings (SSSR count). The van der Waals surface area contributed by atoms with Gasteiger partial charge >= 0.3 is 6.03 Å². The number of rotatable bonds is 4. The van der Waals surface area contributed by atoms with E-state index in [0.717, 1.165) is 55.9 Å². The number of carbonyl (C=O) groups excluding carboxylic acids is 1. The van der Waals surface area contributed by atoms with Crippen LogP contribution in [-0.2, 0) is 13.0 Å². The van der Waals surface area contributed by atoms with E-state index in [1.807, 2.05) is 23.4 Å². The van der Waals surface area contributed by atoms with Crippen molar-refractivity contribution in [3.05, 3.63) is 71.8 Å². The summed E-state index contributed by atoms with van der Waals surface area (Å²) in [6, 6.07) is 14.8. The number of piperazine rings is 1. The molecule has 0 aliphatic carbocycles. The molecule has 0 bridgehead atoms. The number of aromatic nitrogens is 2. The topological polar surface area (TPSA) is 52.6 Å². The van der Waals surface area contributed by atoms with Crippen molar-refractivity contribution in [1.29, 1.82) is 0 Å². The first-order valence-corrected chi connectivity index (χ1v) is 10.0. The van der Waals surface area contributed by atoms with Crippen LogP contribution in [0.4, 0.5) is 4.79 Å². The minimum Gasteiger partial charge on any atom is -0.331 e. The van der Waals surface area contributed by atoms with Crippen LogP contribution in [0.25, 0.3) is 10.8 Å². The van der Waals surface area contributed by atoms with Gasteiger partial charge in [-0.1, -0.05) is 24.3 Å². The monoisotopic (exact) mass is 389 g/mol. The van der Waals surface area contributed by atoms with Gasteiger partial charge < -0.3 is 9.80 Å². The number of hydrogen-bond donors (Lipinski definition) is 0. The molecule has 2 aromatic heterocycles. The van der Waals surface area contributed by atoms with Crippen LogP contribution >= 0.6 is 0 Å². The Bertz CT molecular complexity index is 995. The lowest BCUT2D eigenvalue weighted by molar-refractivity contribution is 0.120. The van der Waals surface area contributed by atoms with Gasteiger partial charge in [0.1, 0.15) is 0 Å². The molecule has 1 fully saturated rings. The van der Waals surface area contributed by atoms with Crippen LogP contribution in [0.2, 0.25) is 0 Å². The molecule has 3 heterocycles. The molecule has 1 aliphatic rings. The molecule has 29 heavy (non-hydrogen) atoms. The Morgan fingerprint density at radius 2 is 1.69 bits per heavy atom. The van der Waals surface area contributed by atoms with Gasteiger partial charge in [-0.25, -0.2) is 4.79 Å². The predicted molar refractivity (Wildman–Crippen MR) is 115 cm³/mol. The Balaban J connectivity index is 1.38. The Morgan fingerprint density at radius 1 is 0.966 bits per heavy atom. The zero-order chi connectivity index (χ0) is 20.2. The molecule has 6 nitrogen and oxygen atoms in total. The summed E-state index contributed by atoms with van der Waals surface area (Å²) in [7, 11) is 3.61. The second-order valence-corrected chi connectivity index (χ2v) is 7.80. The minimum absolute atomic E-state index is 0.0960. The van der Waals surface area contributed by atoms with Crippen LogP contribution in [0.5, 0.6) is 0 Å². The molecule has 1 aromatic carbocycles. The van der Waals surface area contributed by atoms with E-state index in [4.69, 9.17) is 0 Å². The zero-order valence-corrected chi connectivity index (χ0v) is 17.1. The molecule has 3 aromatic rings. The Labute approximate surface area is 171 Å². The van der Waals surface area contributed by atoms with Crippen molar-refractivity contribution in [2.24, 2.45) is 0 Å². The molecule has 0 unspecified atom stereocenters. The number of benzene rings is 1. The van der Waals surface area contributed by atoms with E-state index in [1.165, 1.54) is 10.9 Å². The lowest BCUT2D eigenvalue weighted by Gasteiger charge is -2.36. The molecular weight excluding hydrogens is 362 g/mol. The molecular formula is C23H27N5O. The second kappa shape index (κ2) is 8.57. The summed E-state index contributed by atoms with van der Waals surface area (Å²) in [6.45, 7) is 4.21. The van der Waals surface area contributed by atoms with E-state index in [1.54, 1.807) is 19.0 Å². The first-order valence-electron chi connectivity index (χ1n) is 10.0. The highest BCUT2D eigenvalue weighted by molar-refractivity contribution is 5.81. The summed E-state index contributed by atoms with van der Waals surface area (Å²) in [5.74, 6) is 0. The van der Waals surface area contributed by atoms with E-state index in [9.17, 15) is 4.79 Å². The second-order valence-electron chi connectivity index (χ2n) is 7.80. The smallest absolute Gasteiger partial charge is 0.319 e. The van der Waals surface area contributed by atoms with Gasteiger partial charge in [0.2, 0.25) is 0 Å². The van der Waals surface area contributed by atoms with Gasteiger partial charge in [0, 0.05) is 82.4 Å². The van der Waals surface area contributed by atoms with Gasteiger partial charge in [-0.2, -0.15) is 0 Å². The Kier molecular flexibility index (Phi) is 5.71. The fraction of sp³-hybridized carbons (Fsp3) is 0.348. The summed E-state index contributed by atoms with van der Waals surface area (Å²) >= 11 is 0. The van der Waals surface area contributed by atoms with Gasteiger partial charge in [0.05, 0.1) is 0 Å². The zero-order valence-electron chi connectivity index (χ0n) is 17.1. The first kappa shape index (κ1) is 19.3. The van der Waals surface area contributed by atoms with Gasteiger partial charge in [-0.05, 0) is 29.1 Å². The third kappa shape index (κ3) is 4.71. The summed E-state index contributed by atoms with van der Waals surface area (Å²) in [6.07, 6.45) is 4.55. The number of urea groups is 1. The lowest BCUT2D eigenvalue weighted by atomic mass is 10.1. The summed E-state index contributed by atoms with van der Waals surface area (Å²) in [5.41, 5.74) is 3.32. The number of nitrogens with zero attached hydrogens (tertiary/aromatic N) is 5. The van der Waals surface area contributed by atoms with Gasteiger partial charge in [-0.3, -0.25) is 14.9 Å². The Morgan fingerprint density at radius 3 is 2.45 bits per heavy atom. The van der Waals surface area contributed by atoms with Crippen molar-refractivity contribution in [2.45, 2.75) is 13.0 Å². The highest BCUT2D eigenvalue weighted by Crippen LogP contribution is 2.16. The normalized spacial score (nSPS) is 14.9. The van der Waals surface area contributed by atoms with Crippen molar-refractivity contribution in [2.75, 3.05) is 40.3 Å². The molecule has 1 saturated heterocycles. The molecule has 150 valence electrons. The largest absolute Gasteiger partial charge is 0.331 e. The number of amides is 2. The van der Waals surface area contributed by atoms with Crippen LogP contribution in [0.3, 0.4) is 0 Å². The van der Waals surface area contributed by atoms with Gasteiger partial charge in [-0.15, -0.1) is 0 Å². The van der Waals surface area contributed by atoms with E-state index in [-0.39, 0.29) is 6.03 Å².